The van der Waals surface area contributed by atoms with Gasteiger partial charge in [-0.05, 0) is 56.9 Å². The molecule has 0 aliphatic rings. The summed E-state index contributed by atoms with van der Waals surface area (Å²) >= 11 is 0. The second-order valence-electron chi connectivity index (χ2n) is 8.47. The van der Waals surface area contributed by atoms with Gasteiger partial charge in [-0.1, -0.05) is 6.08 Å². The molecule has 0 fully saturated rings. The molecular formula is C27H26F2N4O2. The van der Waals surface area contributed by atoms with E-state index in [2.05, 4.69) is 15.3 Å². The van der Waals surface area contributed by atoms with Crippen LogP contribution < -0.4 is 10.1 Å². The Kier molecular flexibility index (Phi) is 6.93. The van der Waals surface area contributed by atoms with Crippen molar-refractivity contribution in [2.45, 2.75) is 6.92 Å². The molecule has 0 saturated heterocycles. The molecule has 0 radical (unpaired) electrons. The number of aromatic amines is 1. The predicted molar refractivity (Wildman–Crippen MR) is 134 cm³/mol. The second-order valence-corrected chi connectivity index (χ2v) is 8.47. The van der Waals surface area contributed by atoms with E-state index in [1.165, 1.54) is 31.4 Å². The third-order valence-electron chi connectivity index (χ3n) is 5.59. The molecule has 2 heterocycles. The Morgan fingerprint density at radius 3 is 2.66 bits per heavy atom. The molecule has 2 aromatic carbocycles. The molecule has 2 aromatic heterocycles. The number of carbonyl (C=O) groups excluding carboxylic acids is 1. The Hall–Kier alpha value is -4.04. The van der Waals surface area contributed by atoms with Crippen LogP contribution in [0, 0.1) is 18.6 Å². The minimum Gasteiger partial charge on any atom is -0.496 e. The molecule has 6 nitrogen and oxygen atoms in total. The zero-order valence-corrected chi connectivity index (χ0v) is 19.9. The minimum absolute atomic E-state index is 0.295. The van der Waals surface area contributed by atoms with Crippen molar-refractivity contribution in [3.63, 3.8) is 0 Å². The van der Waals surface area contributed by atoms with Gasteiger partial charge in [-0.3, -0.25) is 4.79 Å². The first-order valence-electron chi connectivity index (χ1n) is 11.0. The third kappa shape index (κ3) is 5.22. The van der Waals surface area contributed by atoms with Crippen molar-refractivity contribution < 1.29 is 18.3 Å². The molecule has 2 N–H and O–H groups in total. The molecule has 4 rings (SSSR count). The Labute approximate surface area is 202 Å². The third-order valence-corrected chi connectivity index (χ3v) is 5.59. The SMILES string of the molecule is COc1cc(F)c(C)cc1-c1c[nH]c2ncc(-c3cc(NC(=O)/C=C/CN(C)C)ccc3F)cc12. The van der Waals surface area contributed by atoms with Crippen LogP contribution >= 0.6 is 0 Å². The predicted octanol–water partition coefficient (Wildman–Crippen LogP) is 5.55. The van der Waals surface area contributed by atoms with E-state index in [9.17, 15) is 13.6 Å². The van der Waals surface area contributed by atoms with Gasteiger partial charge in [0.1, 0.15) is 23.0 Å². The molecular weight excluding hydrogens is 450 g/mol. The number of nitrogens with zero attached hydrogens (tertiary/aromatic N) is 2. The summed E-state index contributed by atoms with van der Waals surface area (Å²) in [6.07, 6.45) is 6.53. The first-order valence-corrected chi connectivity index (χ1v) is 11.0. The van der Waals surface area contributed by atoms with Crippen LogP contribution in [-0.2, 0) is 4.79 Å². The van der Waals surface area contributed by atoms with E-state index in [0.29, 0.717) is 45.9 Å². The van der Waals surface area contributed by atoms with Gasteiger partial charge in [-0.25, -0.2) is 13.8 Å². The maximum atomic E-state index is 14.8. The van der Waals surface area contributed by atoms with Crippen LogP contribution in [0.3, 0.4) is 0 Å². The van der Waals surface area contributed by atoms with Gasteiger partial charge in [0.25, 0.3) is 0 Å². The average Bonchev–Trinajstić information content (AvgIpc) is 3.24. The molecule has 8 heteroatoms. The van der Waals surface area contributed by atoms with Crippen molar-refractivity contribution in [1.82, 2.24) is 14.9 Å². The second kappa shape index (κ2) is 10.1. The van der Waals surface area contributed by atoms with Crippen molar-refractivity contribution in [3.05, 3.63) is 78.1 Å². The van der Waals surface area contributed by atoms with Gasteiger partial charge in [0.05, 0.1) is 7.11 Å². The number of aryl methyl sites for hydroxylation is 1. The van der Waals surface area contributed by atoms with Crippen molar-refractivity contribution in [2.75, 3.05) is 33.1 Å². The van der Waals surface area contributed by atoms with E-state index >= 15 is 0 Å². The summed E-state index contributed by atoms with van der Waals surface area (Å²) in [5.41, 5.74) is 3.83. The van der Waals surface area contributed by atoms with E-state index in [1.807, 2.05) is 25.1 Å². The fourth-order valence-electron chi connectivity index (χ4n) is 3.79. The molecule has 0 unspecified atom stereocenters. The van der Waals surface area contributed by atoms with Crippen LogP contribution in [0.5, 0.6) is 5.75 Å². The van der Waals surface area contributed by atoms with E-state index in [1.54, 1.807) is 37.5 Å². The van der Waals surface area contributed by atoms with Gasteiger partial charge >= 0.3 is 0 Å². The lowest BCUT2D eigenvalue weighted by Crippen LogP contribution is -2.13. The number of fused-ring (bicyclic) bond motifs is 1. The van der Waals surface area contributed by atoms with Gasteiger partial charge in [0, 0.05) is 64.4 Å². The zero-order chi connectivity index (χ0) is 25.1. The number of H-pyrrole nitrogens is 1. The lowest BCUT2D eigenvalue weighted by Gasteiger charge is -2.11. The number of nitrogens with one attached hydrogen (secondary N) is 2. The number of likely N-dealkylation sites (N-methyl/N-ethyl adjacent to an activating group) is 1. The van der Waals surface area contributed by atoms with Crippen molar-refractivity contribution in [3.8, 4) is 28.0 Å². The number of aromatic nitrogens is 2. The molecule has 180 valence electrons. The molecule has 0 aliphatic carbocycles. The number of pyridine rings is 1. The first kappa shape index (κ1) is 24.1. The molecule has 0 spiro atoms. The fourth-order valence-corrected chi connectivity index (χ4v) is 3.79. The lowest BCUT2D eigenvalue weighted by molar-refractivity contribution is -0.111. The van der Waals surface area contributed by atoms with Crippen LogP contribution in [0.25, 0.3) is 33.3 Å². The van der Waals surface area contributed by atoms with Crippen LogP contribution in [0.1, 0.15) is 5.56 Å². The largest absolute Gasteiger partial charge is 0.496 e. The number of halogens is 2. The summed E-state index contributed by atoms with van der Waals surface area (Å²) in [6, 6.07) is 9.27. The van der Waals surface area contributed by atoms with E-state index in [4.69, 9.17) is 4.74 Å². The highest BCUT2D eigenvalue weighted by atomic mass is 19.1. The quantitative estimate of drug-likeness (QED) is 0.343. The monoisotopic (exact) mass is 476 g/mol. The summed E-state index contributed by atoms with van der Waals surface area (Å²) in [6.45, 7) is 2.31. The highest BCUT2D eigenvalue weighted by molar-refractivity contribution is 6.00. The Morgan fingerprint density at radius 1 is 1.11 bits per heavy atom. The summed E-state index contributed by atoms with van der Waals surface area (Å²) in [4.78, 5) is 21.7. The van der Waals surface area contributed by atoms with E-state index in [0.717, 1.165) is 10.9 Å². The van der Waals surface area contributed by atoms with Crippen LogP contribution in [0.15, 0.2) is 60.9 Å². The van der Waals surface area contributed by atoms with Crippen LogP contribution in [0.2, 0.25) is 0 Å². The molecule has 0 aliphatic heterocycles. The maximum absolute atomic E-state index is 14.8. The van der Waals surface area contributed by atoms with Crippen molar-refractivity contribution >= 4 is 22.6 Å². The lowest BCUT2D eigenvalue weighted by atomic mass is 9.99. The summed E-state index contributed by atoms with van der Waals surface area (Å²) in [5.74, 6) is -0.719. The number of carbonyl (C=O) groups is 1. The number of anilines is 1. The molecule has 4 aromatic rings. The number of rotatable bonds is 7. The van der Waals surface area contributed by atoms with Gasteiger partial charge in [-0.2, -0.15) is 0 Å². The van der Waals surface area contributed by atoms with Crippen LogP contribution in [0.4, 0.5) is 14.5 Å². The van der Waals surface area contributed by atoms with Crippen LogP contribution in [-0.4, -0.2) is 48.5 Å². The fraction of sp³-hybridized carbons (Fsp3) is 0.185. The summed E-state index contributed by atoms with van der Waals surface area (Å²) < 4.78 is 34.3. The Bertz CT molecular complexity index is 1430. The van der Waals surface area contributed by atoms with Gasteiger partial charge in [0.15, 0.2) is 0 Å². The molecule has 1 amide bonds. The number of methoxy groups -OCH3 is 1. The van der Waals surface area contributed by atoms with Gasteiger partial charge < -0.3 is 19.9 Å². The number of ether oxygens (including phenoxy) is 1. The van der Waals surface area contributed by atoms with Crippen molar-refractivity contribution in [1.29, 1.82) is 0 Å². The summed E-state index contributed by atoms with van der Waals surface area (Å²) in [5, 5.41) is 3.49. The van der Waals surface area contributed by atoms with Gasteiger partial charge in [0.2, 0.25) is 5.91 Å². The topological polar surface area (TPSA) is 70.2 Å². The van der Waals surface area contributed by atoms with E-state index in [-0.39, 0.29) is 11.7 Å². The number of hydrogen-bond acceptors (Lipinski definition) is 4. The minimum atomic E-state index is -0.445. The van der Waals surface area contributed by atoms with E-state index < -0.39 is 5.82 Å². The van der Waals surface area contributed by atoms with Crippen molar-refractivity contribution in [2.24, 2.45) is 0 Å². The molecule has 0 bridgehead atoms. The highest BCUT2D eigenvalue weighted by Gasteiger charge is 2.16. The molecule has 0 atom stereocenters. The Morgan fingerprint density at radius 2 is 1.91 bits per heavy atom. The highest BCUT2D eigenvalue weighted by Crippen LogP contribution is 2.38. The zero-order valence-electron chi connectivity index (χ0n) is 19.9. The number of hydrogen-bond donors (Lipinski definition) is 2. The smallest absolute Gasteiger partial charge is 0.248 e. The standard InChI is InChI=1S/C27H26F2N4O2/c1-16-10-20(25(35-4)13-24(16)29)22-15-31-27-21(22)11-17(14-30-27)19-12-18(7-8-23(19)28)32-26(34)6-5-9-33(2)3/h5-8,10-15H,9H2,1-4H3,(H,30,31)(H,32,34)/b6-5+. The molecule has 0 saturated carbocycles. The first-order chi connectivity index (χ1) is 16.8. The number of benzene rings is 2. The molecule has 35 heavy (non-hydrogen) atoms. The summed E-state index contributed by atoms with van der Waals surface area (Å²) in [7, 11) is 5.29. The normalized spacial score (nSPS) is 11.5. The number of amides is 1. The Balaban J connectivity index is 1.71. The maximum Gasteiger partial charge on any atom is 0.248 e. The van der Waals surface area contributed by atoms with Gasteiger partial charge in [-0.15, -0.1) is 0 Å². The average molecular weight is 477 g/mol.